The first-order chi connectivity index (χ1) is 14.0. The maximum Gasteiger partial charge on any atom is 0.208 e. The average Bonchev–Trinajstić information content (AvgIpc) is 3.27. The second kappa shape index (κ2) is 8.57. The van der Waals surface area contributed by atoms with Gasteiger partial charge in [0.2, 0.25) is 5.78 Å². The maximum atomic E-state index is 14.5. The fraction of sp³-hybridized carbons (Fsp3) is 0.286. The Labute approximate surface area is 176 Å². The van der Waals surface area contributed by atoms with Crippen molar-refractivity contribution in [1.29, 1.82) is 0 Å². The largest absolute Gasteiger partial charge is 0.393 e. The Morgan fingerprint density at radius 3 is 2.97 bits per heavy atom. The lowest BCUT2D eigenvalue weighted by atomic mass is 10.1. The monoisotopic (exact) mass is 431 g/mol. The predicted octanol–water partition coefficient (Wildman–Crippen LogP) is 4.48. The van der Waals surface area contributed by atoms with Crippen LogP contribution in [0, 0.1) is 5.13 Å². The van der Waals surface area contributed by atoms with Crippen LogP contribution in [-0.4, -0.2) is 33.0 Å². The Morgan fingerprint density at radius 1 is 1.34 bits per heavy atom. The molecule has 3 aromatic rings. The van der Waals surface area contributed by atoms with Gasteiger partial charge in [-0.2, -0.15) is 4.39 Å². The average molecular weight is 432 g/mol. The van der Waals surface area contributed by atoms with Crippen LogP contribution in [0.5, 0.6) is 0 Å². The Hall–Kier alpha value is -2.35. The summed E-state index contributed by atoms with van der Waals surface area (Å²) in [6.45, 7) is 0. The Bertz CT molecular complexity index is 1040. The van der Waals surface area contributed by atoms with Gasteiger partial charge in [0.25, 0.3) is 0 Å². The number of aliphatic hydroxyl groups is 1. The van der Waals surface area contributed by atoms with Crippen molar-refractivity contribution in [1.82, 2.24) is 9.97 Å². The van der Waals surface area contributed by atoms with Crippen LogP contribution >= 0.6 is 22.9 Å². The normalized spacial score (nSPS) is 18.7. The smallest absolute Gasteiger partial charge is 0.208 e. The van der Waals surface area contributed by atoms with Gasteiger partial charge in [-0.25, -0.2) is 9.97 Å². The molecular weight excluding hydrogens is 413 g/mol. The first-order valence-corrected chi connectivity index (χ1v) is 10.5. The molecule has 2 atom stereocenters. The van der Waals surface area contributed by atoms with Crippen molar-refractivity contribution < 1.29 is 14.3 Å². The second-order valence-corrected chi connectivity index (χ2v) is 8.58. The minimum Gasteiger partial charge on any atom is -0.393 e. The number of aromatic nitrogens is 2. The van der Waals surface area contributed by atoms with E-state index >= 15 is 0 Å². The van der Waals surface area contributed by atoms with Crippen LogP contribution < -0.4 is 5.32 Å². The third kappa shape index (κ3) is 4.63. The lowest BCUT2D eigenvalue weighted by molar-refractivity contribution is 0.104. The van der Waals surface area contributed by atoms with Gasteiger partial charge in [-0.3, -0.25) is 4.79 Å². The summed E-state index contributed by atoms with van der Waals surface area (Å²) in [4.78, 5) is 21.5. The summed E-state index contributed by atoms with van der Waals surface area (Å²) in [6, 6.07) is 8.85. The predicted molar refractivity (Wildman–Crippen MR) is 111 cm³/mol. The van der Waals surface area contributed by atoms with E-state index < -0.39 is 5.13 Å². The minimum absolute atomic E-state index is 0.0462. The molecule has 0 aliphatic heterocycles. The SMILES string of the molecule is O=C(c1cc(Cc2cccc(Cl)c2)c(F)s1)c1cncnc1N[C@@H]1CC[C@H](O)C1. The summed E-state index contributed by atoms with van der Waals surface area (Å²) in [5.41, 5.74) is 1.62. The van der Waals surface area contributed by atoms with Crippen molar-refractivity contribution >= 4 is 34.5 Å². The summed E-state index contributed by atoms with van der Waals surface area (Å²) in [7, 11) is 0. The second-order valence-electron chi connectivity index (χ2n) is 7.14. The number of nitrogens with one attached hydrogen (secondary N) is 1. The summed E-state index contributed by atoms with van der Waals surface area (Å²) in [5.74, 6) is 0.0854. The topological polar surface area (TPSA) is 75.1 Å². The molecule has 8 heteroatoms. The van der Waals surface area contributed by atoms with Gasteiger partial charge in [-0.1, -0.05) is 23.7 Å². The highest BCUT2D eigenvalue weighted by Gasteiger charge is 2.26. The van der Waals surface area contributed by atoms with Crippen LogP contribution in [0.15, 0.2) is 42.9 Å². The lowest BCUT2D eigenvalue weighted by Gasteiger charge is -2.14. The van der Waals surface area contributed by atoms with E-state index in [1.165, 1.54) is 12.5 Å². The van der Waals surface area contributed by atoms with Crippen LogP contribution in [0.4, 0.5) is 10.2 Å². The number of ketones is 1. The zero-order chi connectivity index (χ0) is 20.4. The Balaban J connectivity index is 1.56. The highest BCUT2D eigenvalue weighted by molar-refractivity contribution is 7.12. The molecule has 0 bridgehead atoms. The maximum absolute atomic E-state index is 14.5. The number of hydrogen-bond donors (Lipinski definition) is 2. The molecule has 2 heterocycles. The molecule has 0 saturated heterocycles. The third-order valence-electron chi connectivity index (χ3n) is 4.97. The van der Waals surface area contributed by atoms with Crippen LogP contribution in [0.25, 0.3) is 0 Å². The van der Waals surface area contributed by atoms with Crippen molar-refractivity contribution in [3.63, 3.8) is 0 Å². The highest BCUT2D eigenvalue weighted by Crippen LogP contribution is 2.29. The number of rotatable bonds is 6. The molecule has 150 valence electrons. The molecule has 4 rings (SSSR count). The molecule has 2 N–H and O–H groups in total. The zero-order valence-corrected chi connectivity index (χ0v) is 17.0. The molecule has 0 amide bonds. The third-order valence-corrected chi connectivity index (χ3v) is 6.17. The molecule has 0 spiro atoms. The zero-order valence-electron chi connectivity index (χ0n) is 15.4. The minimum atomic E-state index is -0.390. The fourth-order valence-electron chi connectivity index (χ4n) is 3.53. The number of nitrogens with zero attached hydrogens (tertiary/aromatic N) is 2. The number of carbonyl (C=O) groups excluding carboxylic acids is 1. The van der Waals surface area contributed by atoms with Gasteiger partial charge in [-0.15, -0.1) is 11.3 Å². The van der Waals surface area contributed by atoms with Crippen LogP contribution in [0.1, 0.15) is 45.6 Å². The molecule has 29 heavy (non-hydrogen) atoms. The standard InChI is InChI=1S/C21H19ClFN3O2S/c22-14-3-1-2-12(7-14)6-13-8-18(29-20(13)23)19(28)17-10-24-11-25-21(17)26-15-4-5-16(27)9-15/h1-3,7-8,10-11,15-16,27H,4-6,9H2,(H,24,25,26)/t15-,16+/m1/s1. The van der Waals surface area contributed by atoms with E-state index in [1.54, 1.807) is 18.2 Å². The van der Waals surface area contributed by atoms with Crippen molar-refractivity contribution in [3.8, 4) is 0 Å². The van der Waals surface area contributed by atoms with E-state index in [-0.39, 0.29) is 17.9 Å². The summed E-state index contributed by atoms with van der Waals surface area (Å²) < 4.78 is 14.5. The van der Waals surface area contributed by atoms with Gasteiger partial charge in [0, 0.05) is 29.2 Å². The summed E-state index contributed by atoms with van der Waals surface area (Å²) >= 11 is 6.82. The van der Waals surface area contributed by atoms with E-state index in [1.807, 2.05) is 12.1 Å². The Kier molecular flexibility index (Phi) is 5.89. The van der Waals surface area contributed by atoms with Crippen LogP contribution in [-0.2, 0) is 6.42 Å². The molecule has 1 aliphatic carbocycles. The number of aliphatic hydroxyl groups excluding tert-OH is 1. The fourth-order valence-corrected chi connectivity index (χ4v) is 4.60. The molecule has 1 aromatic carbocycles. The summed E-state index contributed by atoms with van der Waals surface area (Å²) in [6.07, 6.45) is 4.95. The lowest BCUT2D eigenvalue weighted by Crippen LogP contribution is -2.20. The molecule has 0 radical (unpaired) electrons. The van der Waals surface area contributed by atoms with Gasteiger partial charge < -0.3 is 10.4 Å². The first-order valence-electron chi connectivity index (χ1n) is 9.31. The number of halogens is 2. The number of carbonyl (C=O) groups is 1. The molecule has 0 unspecified atom stereocenters. The quantitative estimate of drug-likeness (QED) is 0.563. The van der Waals surface area contributed by atoms with Gasteiger partial charge in [0.05, 0.1) is 16.5 Å². The number of thiophene rings is 1. The van der Waals surface area contributed by atoms with Crippen molar-refractivity contribution in [3.05, 3.63) is 74.6 Å². The highest BCUT2D eigenvalue weighted by atomic mass is 35.5. The Morgan fingerprint density at radius 2 is 2.21 bits per heavy atom. The molecule has 1 aliphatic rings. The molecule has 1 fully saturated rings. The van der Waals surface area contributed by atoms with Crippen LogP contribution in [0.3, 0.4) is 0 Å². The number of hydrogen-bond acceptors (Lipinski definition) is 6. The molecule has 5 nitrogen and oxygen atoms in total. The van der Waals surface area contributed by atoms with E-state index in [9.17, 15) is 14.3 Å². The molecule has 2 aromatic heterocycles. The van der Waals surface area contributed by atoms with Gasteiger partial charge in [-0.05, 0) is 43.0 Å². The van der Waals surface area contributed by atoms with Crippen molar-refractivity contribution in [2.45, 2.75) is 37.8 Å². The molecular formula is C21H19ClFN3O2S. The number of anilines is 1. The van der Waals surface area contributed by atoms with Crippen LogP contribution in [0.2, 0.25) is 5.02 Å². The first kappa shape index (κ1) is 19.9. The van der Waals surface area contributed by atoms with E-state index in [0.29, 0.717) is 39.7 Å². The van der Waals surface area contributed by atoms with Crippen molar-refractivity contribution in [2.75, 3.05) is 5.32 Å². The molecule has 1 saturated carbocycles. The van der Waals surface area contributed by atoms with E-state index in [2.05, 4.69) is 15.3 Å². The summed E-state index contributed by atoms with van der Waals surface area (Å²) in [5, 5.41) is 13.1. The van der Waals surface area contributed by atoms with Gasteiger partial charge >= 0.3 is 0 Å². The van der Waals surface area contributed by atoms with E-state index in [4.69, 9.17) is 11.6 Å². The van der Waals surface area contributed by atoms with Gasteiger partial charge in [0.15, 0.2) is 5.13 Å². The number of benzene rings is 1. The van der Waals surface area contributed by atoms with Gasteiger partial charge in [0.1, 0.15) is 12.1 Å². The van der Waals surface area contributed by atoms with Crippen molar-refractivity contribution in [2.24, 2.45) is 0 Å². The van der Waals surface area contributed by atoms with E-state index in [0.717, 1.165) is 29.7 Å².